The second-order valence-electron chi connectivity index (χ2n) is 5.58. The van der Waals surface area contributed by atoms with E-state index in [1.807, 2.05) is 60.7 Å². The molecule has 0 saturated carbocycles. The number of halogens is 4. The first-order valence-corrected chi connectivity index (χ1v) is 8.96. The summed E-state index contributed by atoms with van der Waals surface area (Å²) in [4.78, 5) is 2.25. The lowest BCUT2D eigenvalue weighted by molar-refractivity contribution is -0.323. The summed E-state index contributed by atoms with van der Waals surface area (Å²) in [5, 5.41) is 9.38. The number of alkyl halides is 4. The highest BCUT2D eigenvalue weighted by Gasteiger charge is 2.56. The van der Waals surface area contributed by atoms with Gasteiger partial charge in [0.1, 0.15) is 0 Å². The van der Waals surface area contributed by atoms with Crippen molar-refractivity contribution in [3.63, 3.8) is 0 Å². The molecule has 134 valence electrons. The van der Waals surface area contributed by atoms with Crippen LogP contribution in [0.5, 0.6) is 0 Å². The topological polar surface area (TPSA) is 20.2 Å². The summed E-state index contributed by atoms with van der Waals surface area (Å²) < 4.78 is 52.6. The molecular weight excluding hydrogens is 364 g/mol. The average Bonchev–Trinajstić information content (AvgIpc) is 2.63. The van der Waals surface area contributed by atoms with E-state index < -0.39 is 28.5 Å². The number of rotatable bonds is 4. The molecule has 0 bridgehead atoms. The van der Waals surface area contributed by atoms with Crippen LogP contribution >= 0.6 is 0 Å². The fourth-order valence-electron chi connectivity index (χ4n) is 2.51. The van der Waals surface area contributed by atoms with Crippen LogP contribution in [-0.2, 0) is 16.7 Å². The lowest BCUT2D eigenvalue weighted by Crippen LogP contribution is -2.37. The number of hydrogen-bond donors (Lipinski definition) is 1. The molecule has 0 aliphatic heterocycles. The molecule has 0 radical (unpaired) electrons. The average molecular weight is 379 g/mol. The third-order valence-corrected chi connectivity index (χ3v) is 6.00. The van der Waals surface area contributed by atoms with Gasteiger partial charge in [0.15, 0.2) is 14.7 Å². The molecule has 0 saturated heterocycles. The summed E-state index contributed by atoms with van der Waals surface area (Å²) in [6, 6.07) is 23.5. The molecule has 0 aliphatic rings. The molecule has 1 N–H and O–H groups in total. The van der Waals surface area contributed by atoms with Gasteiger partial charge in [0.05, 0.1) is 10.9 Å². The van der Waals surface area contributed by atoms with Crippen LogP contribution in [-0.4, -0.2) is 11.3 Å². The number of aliphatic hydroxyl groups is 1. The molecular formula is C20H15F4OS+. The summed E-state index contributed by atoms with van der Waals surface area (Å²) in [5.41, 5.74) is -0.827. The van der Waals surface area contributed by atoms with Crippen molar-refractivity contribution >= 4 is 10.9 Å². The van der Waals surface area contributed by atoms with Crippen LogP contribution in [0.4, 0.5) is 17.6 Å². The largest absolute Gasteiger partial charge is 0.453 e. The van der Waals surface area contributed by atoms with Crippen LogP contribution in [0.3, 0.4) is 0 Å². The van der Waals surface area contributed by atoms with Crippen molar-refractivity contribution in [1.29, 1.82) is 0 Å². The molecule has 1 unspecified atom stereocenters. The van der Waals surface area contributed by atoms with Gasteiger partial charge in [-0.2, -0.15) is 17.6 Å². The molecule has 0 fully saturated rings. The molecule has 1 atom stereocenters. The van der Waals surface area contributed by atoms with Crippen molar-refractivity contribution in [3.05, 3.63) is 90.5 Å². The van der Waals surface area contributed by atoms with E-state index in [2.05, 4.69) is 0 Å². The van der Waals surface area contributed by atoms with Gasteiger partial charge in [-0.15, -0.1) is 0 Å². The Morgan fingerprint density at radius 1 is 0.615 bits per heavy atom. The quantitative estimate of drug-likeness (QED) is 0.472. The molecule has 3 rings (SSSR count). The van der Waals surface area contributed by atoms with E-state index in [0.29, 0.717) is 4.90 Å². The van der Waals surface area contributed by atoms with Gasteiger partial charge in [-0.1, -0.05) is 48.5 Å². The number of benzene rings is 3. The van der Waals surface area contributed by atoms with Crippen molar-refractivity contribution < 1.29 is 22.7 Å². The van der Waals surface area contributed by atoms with Gasteiger partial charge in [-0.3, -0.25) is 0 Å². The fraction of sp³-hybridized carbons (Fsp3) is 0.100. The maximum Gasteiger partial charge on any atom is 0.453 e. The van der Waals surface area contributed by atoms with Crippen molar-refractivity contribution in [2.75, 3.05) is 0 Å². The van der Waals surface area contributed by atoms with Gasteiger partial charge in [-0.25, -0.2) is 0 Å². The Kier molecular flexibility index (Phi) is 5.07. The smallest absolute Gasteiger partial charge is 0.351 e. The Morgan fingerprint density at radius 3 is 1.54 bits per heavy atom. The SMILES string of the molecule is OC(F)(c1cccc([S+](c2ccccc2)c2ccccc2)c1)C(F)(F)F. The third-order valence-electron chi connectivity index (χ3n) is 3.79. The highest BCUT2D eigenvalue weighted by molar-refractivity contribution is 7.97. The molecule has 0 spiro atoms. The minimum Gasteiger partial charge on any atom is -0.351 e. The van der Waals surface area contributed by atoms with Crippen LogP contribution in [0.1, 0.15) is 5.56 Å². The maximum absolute atomic E-state index is 14.0. The van der Waals surface area contributed by atoms with Gasteiger partial charge >= 0.3 is 12.0 Å². The van der Waals surface area contributed by atoms with E-state index >= 15 is 0 Å². The highest BCUT2D eigenvalue weighted by atomic mass is 32.2. The summed E-state index contributed by atoms with van der Waals surface area (Å²) in [6.07, 6.45) is -5.41. The van der Waals surface area contributed by atoms with Crippen LogP contribution in [0.2, 0.25) is 0 Å². The van der Waals surface area contributed by atoms with Crippen LogP contribution in [0.25, 0.3) is 0 Å². The van der Waals surface area contributed by atoms with Crippen LogP contribution in [0.15, 0.2) is 99.6 Å². The zero-order valence-corrected chi connectivity index (χ0v) is 14.3. The van der Waals surface area contributed by atoms with Crippen LogP contribution < -0.4 is 0 Å². The lowest BCUT2D eigenvalue weighted by Gasteiger charge is -2.22. The number of hydrogen-bond acceptors (Lipinski definition) is 1. The zero-order valence-electron chi connectivity index (χ0n) is 13.5. The molecule has 0 aliphatic carbocycles. The van der Waals surface area contributed by atoms with Gasteiger partial charge in [-0.05, 0) is 30.3 Å². The van der Waals surface area contributed by atoms with Crippen molar-refractivity contribution in [2.45, 2.75) is 26.7 Å². The molecule has 3 aromatic carbocycles. The van der Waals surface area contributed by atoms with Gasteiger partial charge in [0.2, 0.25) is 0 Å². The predicted molar refractivity (Wildman–Crippen MR) is 92.5 cm³/mol. The Balaban J connectivity index is 2.13. The maximum atomic E-state index is 14.0. The standard InChI is InChI=1S/C20H15F4OS/c21-19(25,20(22,23)24)15-8-7-13-18(14-15)26(16-9-3-1-4-10-16)17-11-5-2-6-12-17/h1-14,25H/q+1. The first-order chi connectivity index (χ1) is 12.3. The minimum atomic E-state index is -5.41. The summed E-state index contributed by atoms with van der Waals surface area (Å²) >= 11 is 0. The lowest BCUT2D eigenvalue weighted by atomic mass is 10.1. The molecule has 1 nitrogen and oxygen atoms in total. The van der Waals surface area contributed by atoms with Gasteiger partial charge in [0, 0.05) is 11.6 Å². The molecule has 26 heavy (non-hydrogen) atoms. The second kappa shape index (κ2) is 7.13. The van der Waals surface area contributed by atoms with Gasteiger partial charge < -0.3 is 5.11 Å². The first kappa shape index (κ1) is 18.5. The zero-order chi connectivity index (χ0) is 18.8. The van der Waals surface area contributed by atoms with Gasteiger partial charge in [0.25, 0.3) is 0 Å². The van der Waals surface area contributed by atoms with E-state index in [9.17, 15) is 22.7 Å². The fourth-order valence-corrected chi connectivity index (χ4v) is 4.65. The monoisotopic (exact) mass is 379 g/mol. The summed E-state index contributed by atoms with van der Waals surface area (Å²) in [6.45, 7) is 0. The van der Waals surface area contributed by atoms with Crippen molar-refractivity contribution in [2.24, 2.45) is 0 Å². The molecule has 0 amide bonds. The first-order valence-electron chi connectivity index (χ1n) is 7.73. The van der Waals surface area contributed by atoms with E-state index in [1.165, 1.54) is 6.07 Å². The van der Waals surface area contributed by atoms with E-state index in [-0.39, 0.29) is 0 Å². The Labute approximate surface area is 151 Å². The van der Waals surface area contributed by atoms with E-state index in [4.69, 9.17) is 0 Å². The summed E-state index contributed by atoms with van der Waals surface area (Å²) in [7, 11) is -0.732. The van der Waals surface area contributed by atoms with Crippen molar-refractivity contribution in [3.8, 4) is 0 Å². The predicted octanol–water partition coefficient (Wildman–Crippen LogP) is 5.46. The Bertz CT molecular complexity index is 824. The van der Waals surface area contributed by atoms with Crippen molar-refractivity contribution in [1.82, 2.24) is 0 Å². The second-order valence-corrected chi connectivity index (χ2v) is 7.61. The molecule has 0 heterocycles. The van der Waals surface area contributed by atoms with E-state index in [0.717, 1.165) is 21.9 Å². The molecule has 6 heteroatoms. The Hall–Kier alpha value is -2.31. The molecule has 0 aromatic heterocycles. The van der Waals surface area contributed by atoms with Crippen LogP contribution in [0, 0.1) is 0 Å². The highest BCUT2D eigenvalue weighted by Crippen LogP contribution is 2.41. The molecule has 3 aromatic rings. The summed E-state index contributed by atoms with van der Waals surface area (Å²) in [5.74, 6) is -4.40. The normalized spacial score (nSPS) is 14.2. The minimum absolute atomic E-state index is 0.486. The Morgan fingerprint density at radius 2 is 1.08 bits per heavy atom. The van der Waals surface area contributed by atoms with E-state index in [1.54, 1.807) is 6.07 Å². The third kappa shape index (κ3) is 3.61.